The molecule has 100 valence electrons. The molecule has 3 aromatic rings. The zero-order valence-corrected chi connectivity index (χ0v) is 10.7. The Morgan fingerprint density at radius 3 is 2.90 bits per heavy atom. The van der Waals surface area contributed by atoms with Crippen molar-refractivity contribution in [2.24, 2.45) is 0 Å². The third-order valence-electron chi connectivity index (χ3n) is 2.41. The van der Waals surface area contributed by atoms with E-state index >= 15 is 0 Å². The van der Waals surface area contributed by atoms with Crippen LogP contribution >= 0.6 is 11.6 Å². The number of hydrogen-bond acceptors (Lipinski definition) is 7. The highest BCUT2D eigenvalue weighted by atomic mass is 35.5. The van der Waals surface area contributed by atoms with Gasteiger partial charge in [0.2, 0.25) is 0 Å². The van der Waals surface area contributed by atoms with Gasteiger partial charge in [0, 0.05) is 17.4 Å². The summed E-state index contributed by atoms with van der Waals surface area (Å²) in [6, 6.07) is 4.69. The van der Waals surface area contributed by atoms with E-state index in [4.69, 9.17) is 16.0 Å². The number of hydrogen-bond donors (Lipinski definition) is 2. The van der Waals surface area contributed by atoms with Crippen LogP contribution < -0.4 is 5.32 Å². The molecule has 0 radical (unpaired) electrons. The molecule has 0 fully saturated rings. The summed E-state index contributed by atoms with van der Waals surface area (Å²) in [6.07, 6.45) is 4.58. The fourth-order valence-electron chi connectivity index (χ4n) is 1.51. The highest BCUT2D eigenvalue weighted by Crippen LogP contribution is 2.29. The van der Waals surface area contributed by atoms with Crippen molar-refractivity contribution in [1.29, 1.82) is 0 Å². The molecule has 0 aliphatic carbocycles. The van der Waals surface area contributed by atoms with E-state index in [9.17, 15) is 5.11 Å². The second-order valence-electron chi connectivity index (χ2n) is 3.79. The Balaban J connectivity index is 1.86. The highest BCUT2D eigenvalue weighted by molar-refractivity contribution is 6.30. The third-order valence-corrected chi connectivity index (χ3v) is 2.64. The van der Waals surface area contributed by atoms with E-state index in [0.29, 0.717) is 16.4 Å². The maximum Gasteiger partial charge on any atom is 0.320 e. The van der Waals surface area contributed by atoms with Crippen LogP contribution in [0.3, 0.4) is 0 Å². The van der Waals surface area contributed by atoms with Gasteiger partial charge in [-0.2, -0.15) is 0 Å². The number of nitrogens with zero attached hydrogens (tertiary/aromatic N) is 4. The summed E-state index contributed by atoms with van der Waals surface area (Å²) in [6.45, 7) is 0. The minimum atomic E-state index is 0.0219. The first-order chi connectivity index (χ1) is 9.72. The van der Waals surface area contributed by atoms with Gasteiger partial charge in [0.1, 0.15) is 11.4 Å². The molecule has 2 heterocycles. The van der Waals surface area contributed by atoms with Crippen molar-refractivity contribution >= 4 is 23.3 Å². The van der Waals surface area contributed by atoms with E-state index in [-0.39, 0.29) is 17.7 Å². The first-order valence-corrected chi connectivity index (χ1v) is 5.95. The predicted octanol–water partition coefficient (Wildman–Crippen LogP) is 2.63. The fourth-order valence-corrected chi connectivity index (χ4v) is 1.68. The van der Waals surface area contributed by atoms with Crippen molar-refractivity contribution in [1.82, 2.24) is 20.2 Å². The van der Waals surface area contributed by atoms with Crippen LogP contribution in [0.15, 0.2) is 41.2 Å². The first kappa shape index (κ1) is 12.4. The molecule has 0 bridgehead atoms. The smallest absolute Gasteiger partial charge is 0.320 e. The molecule has 8 heteroatoms. The van der Waals surface area contributed by atoms with Gasteiger partial charge in [0.15, 0.2) is 0 Å². The number of aromatic hydroxyl groups is 1. The van der Waals surface area contributed by atoms with Gasteiger partial charge in [-0.1, -0.05) is 16.7 Å². The zero-order chi connectivity index (χ0) is 13.9. The lowest BCUT2D eigenvalue weighted by Gasteiger charge is -2.04. The van der Waals surface area contributed by atoms with Crippen LogP contribution in [0.4, 0.5) is 11.7 Å². The van der Waals surface area contributed by atoms with Crippen molar-refractivity contribution in [2.75, 3.05) is 5.32 Å². The van der Waals surface area contributed by atoms with Gasteiger partial charge >= 0.3 is 6.01 Å². The van der Waals surface area contributed by atoms with Gasteiger partial charge < -0.3 is 14.8 Å². The Labute approximate surface area is 118 Å². The molecule has 0 unspecified atom stereocenters. The summed E-state index contributed by atoms with van der Waals surface area (Å²) < 4.78 is 5.38. The molecule has 0 spiro atoms. The number of nitrogens with one attached hydrogen (secondary N) is 1. The summed E-state index contributed by atoms with van der Waals surface area (Å²) in [7, 11) is 0. The SMILES string of the molecule is Oc1ccc(Cl)cc1Nc1nnc(-c2cnccn2)o1. The van der Waals surface area contributed by atoms with Crippen LogP contribution in [0.1, 0.15) is 0 Å². The van der Waals surface area contributed by atoms with Gasteiger partial charge in [-0.15, -0.1) is 5.10 Å². The topological polar surface area (TPSA) is 97.0 Å². The fraction of sp³-hybridized carbons (Fsp3) is 0. The predicted molar refractivity (Wildman–Crippen MR) is 71.7 cm³/mol. The molecule has 20 heavy (non-hydrogen) atoms. The largest absolute Gasteiger partial charge is 0.506 e. The molecule has 2 N–H and O–H groups in total. The molecule has 0 aliphatic heterocycles. The maximum atomic E-state index is 9.69. The van der Waals surface area contributed by atoms with E-state index in [1.165, 1.54) is 18.5 Å². The lowest BCUT2D eigenvalue weighted by molar-refractivity contribution is 0.477. The molecule has 7 nitrogen and oxygen atoms in total. The van der Waals surface area contributed by atoms with Gasteiger partial charge in [-0.25, -0.2) is 4.98 Å². The van der Waals surface area contributed by atoms with Gasteiger partial charge in [0.25, 0.3) is 5.89 Å². The van der Waals surface area contributed by atoms with Gasteiger partial charge in [0.05, 0.1) is 11.9 Å². The van der Waals surface area contributed by atoms with Crippen LogP contribution in [0.2, 0.25) is 5.02 Å². The minimum Gasteiger partial charge on any atom is -0.506 e. The first-order valence-electron chi connectivity index (χ1n) is 5.58. The number of aromatic nitrogens is 4. The molecule has 3 rings (SSSR count). The van der Waals surface area contributed by atoms with Crippen molar-refractivity contribution in [2.45, 2.75) is 0 Å². The standard InChI is InChI=1S/C12H8ClN5O2/c13-7-1-2-10(19)8(5-7)16-12-18-17-11(20-12)9-6-14-3-4-15-9/h1-6,19H,(H,16,18). The van der Waals surface area contributed by atoms with E-state index in [2.05, 4.69) is 25.5 Å². The quantitative estimate of drug-likeness (QED) is 0.715. The highest BCUT2D eigenvalue weighted by Gasteiger charge is 2.11. The van der Waals surface area contributed by atoms with Crippen LogP contribution in [0.5, 0.6) is 5.75 Å². The number of rotatable bonds is 3. The summed E-state index contributed by atoms with van der Waals surface area (Å²) in [4.78, 5) is 7.96. The zero-order valence-electron chi connectivity index (χ0n) is 9.99. The van der Waals surface area contributed by atoms with Crippen LogP contribution in [-0.2, 0) is 0 Å². The molecular formula is C12H8ClN5O2. The number of anilines is 2. The number of halogens is 1. The van der Waals surface area contributed by atoms with Gasteiger partial charge in [-0.05, 0) is 18.2 Å². The van der Waals surface area contributed by atoms with Crippen LogP contribution in [0.25, 0.3) is 11.6 Å². The van der Waals surface area contributed by atoms with Gasteiger partial charge in [-0.3, -0.25) is 4.98 Å². The molecule has 0 amide bonds. The van der Waals surface area contributed by atoms with Crippen molar-refractivity contribution < 1.29 is 9.52 Å². The summed E-state index contributed by atoms with van der Waals surface area (Å²) in [5.74, 6) is 0.246. The molecule has 0 aliphatic rings. The number of benzene rings is 1. The molecular weight excluding hydrogens is 282 g/mol. The Bertz CT molecular complexity index is 732. The third kappa shape index (κ3) is 2.52. The number of phenolic OH excluding ortho intramolecular Hbond substituents is 1. The monoisotopic (exact) mass is 289 g/mol. The second-order valence-corrected chi connectivity index (χ2v) is 4.23. The second kappa shape index (κ2) is 5.14. The van der Waals surface area contributed by atoms with E-state index in [0.717, 1.165) is 0 Å². The number of phenols is 1. The van der Waals surface area contributed by atoms with Crippen LogP contribution in [-0.4, -0.2) is 25.3 Å². The summed E-state index contributed by atoms with van der Waals surface area (Å²) in [5.41, 5.74) is 0.829. The normalized spacial score (nSPS) is 10.4. The van der Waals surface area contributed by atoms with Crippen LogP contribution in [0, 0.1) is 0 Å². The Kier molecular flexibility index (Phi) is 3.18. The van der Waals surface area contributed by atoms with Crippen molar-refractivity contribution in [3.8, 4) is 17.3 Å². The van der Waals surface area contributed by atoms with Crippen molar-refractivity contribution in [3.05, 3.63) is 41.8 Å². The lowest BCUT2D eigenvalue weighted by Crippen LogP contribution is -1.90. The minimum absolute atomic E-state index is 0.0219. The Hall–Kier alpha value is -2.67. The Morgan fingerprint density at radius 1 is 1.20 bits per heavy atom. The molecule has 2 aromatic heterocycles. The Morgan fingerprint density at radius 2 is 2.10 bits per heavy atom. The molecule has 0 atom stereocenters. The van der Waals surface area contributed by atoms with E-state index in [1.807, 2.05) is 0 Å². The summed E-state index contributed by atoms with van der Waals surface area (Å²) >= 11 is 5.85. The average Bonchev–Trinajstić information content (AvgIpc) is 2.92. The molecule has 0 saturated carbocycles. The van der Waals surface area contributed by atoms with Crippen molar-refractivity contribution in [3.63, 3.8) is 0 Å². The molecule has 1 aromatic carbocycles. The lowest BCUT2D eigenvalue weighted by atomic mass is 10.3. The average molecular weight is 290 g/mol. The molecule has 0 saturated heterocycles. The van der Waals surface area contributed by atoms with E-state index < -0.39 is 0 Å². The summed E-state index contributed by atoms with van der Waals surface area (Å²) in [5, 5.41) is 20.6. The van der Waals surface area contributed by atoms with E-state index in [1.54, 1.807) is 18.3 Å². The maximum absolute atomic E-state index is 9.69.